The molecule has 0 bridgehead atoms. The maximum absolute atomic E-state index is 12.0. The minimum Gasteiger partial charge on any atom is -0.493 e. The number of nitrogens with zero attached hydrogens (tertiary/aromatic N) is 2. The summed E-state index contributed by atoms with van der Waals surface area (Å²) in [7, 11) is 0. The molecule has 3 rings (SSSR count). The van der Waals surface area contributed by atoms with Gasteiger partial charge in [0.15, 0.2) is 4.34 Å². The molecule has 1 heterocycles. The molecule has 3 aromatic rings. The van der Waals surface area contributed by atoms with Gasteiger partial charge in [0.2, 0.25) is 5.13 Å². The molecule has 134 valence electrons. The van der Waals surface area contributed by atoms with E-state index >= 15 is 0 Å². The molecular formula is C17H15ClN4O2S2. The van der Waals surface area contributed by atoms with Crippen molar-refractivity contribution < 1.29 is 9.53 Å². The molecule has 0 unspecified atom stereocenters. The Morgan fingerprint density at radius 1 is 1.08 bits per heavy atom. The molecule has 0 fully saturated rings. The van der Waals surface area contributed by atoms with Crippen molar-refractivity contribution in [2.75, 3.05) is 23.0 Å². The van der Waals surface area contributed by atoms with Crippen LogP contribution in [0.1, 0.15) is 0 Å². The van der Waals surface area contributed by atoms with E-state index in [1.165, 1.54) is 23.1 Å². The molecule has 0 saturated heterocycles. The molecule has 9 heteroatoms. The van der Waals surface area contributed by atoms with Crippen LogP contribution in [0.25, 0.3) is 0 Å². The molecule has 0 aliphatic heterocycles. The average molecular weight is 407 g/mol. The molecule has 2 N–H and O–H groups in total. The van der Waals surface area contributed by atoms with Gasteiger partial charge in [-0.3, -0.25) is 5.32 Å². The number of halogens is 1. The van der Waals surface area contributed by atoms with Gasteiger partial charge in [-0.1, -0.05) is 52.9 Å². The summed E-state index contributed by atoms with van der Waals surface area (Å²) in [5.74, 6) is 1.58. The summed E-state index contributed by atoms with van der Waals surface area (Å²) in [6.45, 7) is 0.564. The molecule has 26 heavy (non-hydrogen) atoms. The lowest BCUT2D eigenvalue weighted by atomic mass is 10.3. The van der Waals surface area contributed by atoms with Gasteiger partial charge >= 0.3 is 6.03 Å². The third kappa shape index (κ3) is 5.91. The van der Waals surface area contributed by atoms with Crippen molar-refractivity contribution in [1.29, 1.82) is 0 Å². The van der Waals surface area contributed by atoms with E-state index in [1.54, 1.807) is 24.3 Å². The van der Waals surface area contributed by atoms with Crippen molar-refractivity contribution in [1.82, 2.24) is 10.2 Å². The molecule has 1 aromatic heterocycles. The van der Waals surface area contributed by atoms with Gasteiger partial charge in [0.05, 0.1) is 6.61 Å². The van der Waals surface area contributed by atoms with Crippen LogP contribution < -0.4 is 15.4 Å². The monoisotopic (exact) mass is 406 g/mol. The fraction of sp³-hybridized carbons (Fsp3) is 0.118. The van der Waals surface area contributed by atoms with Gasteiger partial charge < -0.3 is 10.1 Å². The first-order chi connectivity index (χ1) is 12.7. The average Bonchev–Trinajstić information content (AvgIpc) is 3.09. The first-order valence-corrected chi connectivity index (χ1v) is 9.85. The highest BCUT2D eigenvalue weighted by Gasteiger charge is 2.09. The third-order valence-corrected chi connectivity index (χ3v) is 5.24. The largest absolute Gasteiger partial charge is 0.493 e. The molecule has 0 spiro atoms. The summed E-state index contributed by atoms with van der Waals surface area (Å²) in [5, 5.41) is 14.4. The lowest BCUT2D eigenvalue weighted by Crippen LogP contribution is -2.19. The van der Waals surface area contributed by atoms with Crippen molar-refractivity contribution in [3.8, 4) is 5.75 Å². The van der Waals surface area contributed by atoms with Crippen LogP contribution in [0, 0.1) is 0 Å². The van der Waals surface area contributed by atoms with Gasteiger partial charge in [-0.05, 0) is 36.4 Å². The SMILES string of the molecule is O=C(Nc1ccc(Cl)cc1)Nc1nnc(SCCOc2ccccc2)s1. The van der Waals surface area contributed by atoms with Crippen molar-refractivity contribution in [2.24, 2.45) is 0 Å². The van der Waals surface area contributed by atoms with E-state index in [2.05, 4.69) is 20.8 Å². The van der Waals surface area contributed by atoms with E-state index < -0.39 is 0 Å². The first kappa shape index (κ1) is 18.5. The van der Waals surface area contributed by atoms with Crippen LogP contribution in [0.5, 0.6) is 5.75 Å². The number of nitrogens with one attached hydrogen (secondary N) is 2. The molecule has 0 aliphatic rings. The van der Waals surface area contributed by atoms with Crippen LogP contribution in [-0.2, 0) is 0 Å². The highest BCUT2D eigenvalue weighted by Crippen LogP contribution is 2.25. The Morgan fingerprint density at radius 3 is 2.62 bits per heavy atom. The number of para-hydroxylation sites is 1. The van der Waals surface area contributed by atoms with Crippen molar-refractivity contribution in [3.63, 3.8) is 0 Å². The maximum atomic E-state index is 12.0. The Kier molecular flexibility index (Phi) is 6.70. The lowest BCUT2D eigenvalue weighted by molar-refractivity contribution is 0.262. The number of anilines is 2. The molecule has 0 saturated carbocycles. The molecule has 0 aliphatic carbocycles. The lowest BCUT2D eigenvalue weighted by Gasteiger charge is -2.04. The number of aromatic nitrogens is 2. The number of amides is 2. The highest BCUT2D eigenvalue weighted by atomic mass is 35.5. The van der Waals surface area contributed by atoms with E-state index in [4.69, 9.17) is 16.3 Å². The normalized spacial score (nSPS) is 10.3. The van der Waals surface area contributed by atoms with Gasteiger partial charge in [0.1, 0.15) is 5.75 Å². The second-order valence-corrected chi connectivity index (χ2v) is 7.73. The van der Waals surface area contributed by atoms with E-state index in [0.717, 1.165) is 15.8 Å². The van der Waals surface area contributed by atoms with Crippen molar-refractivity contribution in [3.05, 3.63) is 59.6 Å². The fourth-order valence-corrected chi connectivity index (χ4v) is 3.68. The predicted molar refractivity (Wildman–Crippen MR) is 107 cm³/mol. The Morgan fingerprint density at radius 2 is 1.85 bits per heavy atom. The van der Waals surface area contributed by atoms with Crippen LogP contribution in [-0.4, -0.2) is 28.6 Å². The summed E-state index contributed by atoms with van der Waals surface area (Å²) in [6.07, 6.45) is 0. The first-order valence-electron chi connectivity index (χ1n) is 7.67. The number of urea groups is 1. The highest BCUT2D eigenvalue weighted by molar-refractivity contribution is 8.01. The molecule has 0 radical (unpaired) electrons. The van der Waals surface area contributed by atoms with Crippen LogP contribution in [0.3, 0.4) is 0 Å². The quantitative estimate of drug-likeness (QED) is 0.328. The van der Waals surface area contributed by atoms with Crippen molar-refractivity contribution in [2.45, 2.75) is 4.34 Å². The number of ether oxygens (including phenoxy) is 1. The van der Waals surface area contributed by atoms with Gasteiger partial charge in [0, 0.05) is 16.5 Å². The predicted octanol–water partition coefficient (Wildman–Crippen LogP) is 5.01. The second-order valence-electron chi connectivity index (χ2n) is 4.97. The number of hydrogen-bond acceptors (Lipinski definition) is 6. The van der Waals surface area contributed by atoms with E-state index in [1.807, 2.05) is 30.3 Å². The van der Waals surface area contributed by atoms with E-state index in [0.29, 0.717) is 22.4 Å². The zero-order chi connectivity index (χ0) is 18.2. The topological polar surface area (TPSA) is 76.1 Å². The van der Waals surface area contributed by atoms with Gasteiger partial charge in [-0.25, -0.2) is 4.79 Å². The molecule has 6 nitrogen and oxygen atoms in total. The van der Waals surface area contributed by atoms with Crippen molar-refractivity contribution >= 4 is 51.5 Å². The van der Waals surface area contributed by atoms with Crippen LogP contribution in [0.15, 0.2) is 58.9 Å². The molecule has 2 aromatic carbocycles. The second kappa shape index (κ2) is 9.42. The van der Waals surface area contributed by atoms with E-state index in [9.17, 15) is 4.79 Å². The number of thioether (sulfide) groups is 1. The number of hydrogen-bond donors (Lipinski definition) is 2. The Hall–Kier alpha value is -2.29. The standard InChI is InChI=1S/C17H15ClN4O2S2/c18-12-6-8-13(9-7-12)19-15(23)20-16-21-22-17(26-16)25-11-10-24-14-4-2-1-3-5-14/h1-9H,10-11H2,(H2,19,20,21,23). The zero-order valence-electron chi connectivity index (χ0n) is 13.5. The Labute approximate surface area is 163 Å². The Bertz CT molecular complexity index is 843. The van der Waals surface area contributed by atoms with E-state index in [-0.39, 0.29) is 6.03 Å². The van der Waals surface area contributed by atoms with Gasteiger partial charge in [0.25, 0.3) is 0 Å². The number of rotatable bonds is 7. The minimum atomic E-state index is -0.382. The van der Waals surface area contributed by atoms with Gasteiger partial charge in [-0.2, -0.15) is 0 Å². The summed E-state index contributed by atoms with van der Waals surface area (Å²) < 4.78 is 6.39. The van der Waals surface area contributed by atoms with Gasteiger partial charge in [-0.15, -0.1) is 10.2 Å². The maximum Gasteiger partial charge on any atom is 0.325 e. The zero-order valence-corrected chi connectivity index (χ0v) is 15.9. The number of carbonyl (C=O) groups is 1. The summed E-state index contributed by atoms with van der Waals surface area (Å²) in [6, 6.07) is 16.1. The molecule has 0 atom stereocenters. The fourth-order valence-electron chi connectivity index (χ4n) is 1.92. The van der Waals surface area contributed by atoms with Crippen LogP contribution in [0.2, 0.25) is 5.02 Å². The number of carbonyl (C=O) groups excluding carboxylic acids is 1. The minimum absolute atomic E-state index is 0.382. The Balaban J connectivity index is 1.41. The van der Waals surface area contributed by atoms with Crippen LogP contribution >= 0.6 is 34.7 Å². The molecule has 2 amide bonds. The summed E-state index contributed by atoms with van der Waals surface area (Å²) in [4.78, 5) is 12.0. The smallest absolute Gasteiger partial charge is 0.325 e. The number of benzene rings is 2. The molecular weight excluding hydrogens is 392 g/mol. The summed E-state index contributed by atoms with van der Waals surface area (Å²) in [5.41, 5.74) is 0.643. The summed E-state index contributed by atoms with van der Waals surface area (Å²) >= 11 is 8.65. The third-order valence-electron chi connectivity index (χ3n) is 3.05. The van der Waals surface area contributed by atoms with Crippen LogP contribution in [0.4, 0.5) is 15.6 Å².